The zero-order chi connectivity index (χ0) is 22.5. The Morgan fingerprint density at radius 3 is 2.12 bits per heavy atom. The highest BCUT2D eigenvalue weighted by Gasteiger charge is 2.18. The number of rotatable bonds is 8. The summed E-state index contributed by atoms with van der Waals surface area (Å²) < 4.78 is 18.2. The zero-order valence-corrected chi connectivity index (χ0v) is 19.5. The Bertz CT molecular complexity index is 1190. The molecule has 0 unspecified atom stereocenters. The lowest BCUT2D eigenvalue weighted by molar-refractivity contribution is 0.394. The molecule has 4 rings (SSSR count). The Labute approximate surface area is 196 Å². The molecule has 6 nitrogen and oxygen atoms in total. The summed E-state index contributed by atoms with van der Waals surface area (Å²) in [5.41, 5.74) is 2.86. The molecule has 0 bridgehead atoms. The van der Waals surface area contributed by atoms with E-state index < -0.39 is 0 Å². The van der Waals surface area contributed by atoms with Gasteiger partial charge >= 0.3 is 0 Å². The van der Waals surface area contributed by atoms with Gasteiger partial charge in [0.15, 0.2) is 11.0 Å². The Balaban J connectivity index is 1.78. The first kappa shape index (κ1) is 22.0. The number of nitrogens with zero attached hydrogens (tertiary/aromatic N) is 3. The lowest BCUT2D eigenvalue weighted by atomic mass is 10.1. The van der Waals surface area contributed by atoms with Crippen LogP contribution in [0.1, 0.15) is 5.56 Å². The third kappa shape index (κ3) is 4.84. The first-order chi connectivity index (χ1) is 15.6. The van der Waals surface area contributed by atoms with Gasteiger partial charge in [0.2, 0.25) is 0 Å². The van der Waals surface area contributed by atoms with Gasteiger partial charge in [-0.2, -0.15) is 0 Å². The van der Waals surface area contributed by atoms with Crippen molar-refractivity contribution < 1.29 is 14.2 Å². The third-order valence-electron chi connectivity index (χ3n) is 4.83. The highest BCUT2D eigenvalue weighted by molar-refractivity contribution is 7.98. The van der Waals surface area contributed by atoms with E-state index in [1.807, 2.05) is 71.3 Å². The van der Waals surface area contributed by atoms with Crippen molar-refractivity contribution in [3.63, 3.8) is 0 Å². The first-order valence-corrected chi connectivity index (χ1v) is 11.2. The van der Waals surface area contributed by atoms with Gasteiger partial charge in [0, 0.05) is 28.1 Å². The van der Waals surface area contributed by atoms with Gasteiger partial charge in [-0.25, -0.2) is 0 Å². The topological polar surface area (TPSA) is 58.4 Å². The maximum Gasteiger partial charge on any atom is 0.196 e. The molecule has 0 saturated heterocycles. The van der Waals surface area contributed by atoms with Gasteiger partial charge in [-0.1, -0.05) is 35.5 Å². The first-order valence-electron chi connectivity index (χ1n) is 9.82. The molecule has 0 radical (unpaired) electrons. The number of benzene rings is 3. The summed E-state index contributed by atoms with van der Waals surface area (Å²) in [6, 6.07) is 21.2. The van der Waals surface area contributed by atoms with Crippen LogP contribution < -0.4 is 14.2 Å². The molecule has 0 aliphatic carbocycles. The van der Waals surface area contributed by atoms with E-state index in [4.69, 9.17) is 25.8 Å². The number of hydrogen-bond donors (Lipinski definition) is 0. The van der Waals surface area contributed by atoms with Crippen LogP contribution in [0.5, 0.6) is 17.2 Å². The second-order valence-corrected chi connectivity index (χ2v) is 8.24. The minimum atomic E-state index is 0.678. The quantitative estimate of drug-likeness (QED) is 0.300. The van der Waals surface area contributed by atoms with Crippen molar-refractivity contribution in [1.29, 1.82) is 0 Å². The average Bonchev–Trinajstić information content (AvgIpc) is 3.26. The van der Waals surface area contributed by atoms with Crippen molar-refractivity contribution in [3.05, 3.63) is 77.3 Å². The number of methoxy groups -OCH3 is 3. The maximum absolute atomic E-state index is 6.15. The Kier molecular flexibility index (Phi) is 6.87. The predicted octanol–water partition coefficient (Wildman–Crippen LogP) is 5.91. The minimum absolute atomic E-state index is 0.678. The number of halogens is 1. The number of aromatic nitrogens is 3. The molecule has 0 atom stereocenters. The molecule has 0 saturated carbocycles. The molecule has 164 valence electrons. The Morgan fingerprint density at radius 1 is 0.812 bits per heavy atom. The van der Waals surface area contributed by atoms with Gasteiger partial charge in [-0.05, 0) is 54.1 Å². The summed E-state index contributed by atoms with van der Waals surface area (Å²) in [7, 11) is 4.89. The van der Waals surface area contributed by atoms with Crippen molar-refractivity contribution in [2.75, 3.05) is 21.3 Å². The largest absolute Gasteiger partial charge is 0.497 e. The van der Waals surface area contributed by atoms with Gasteiger partial charge in [-0.15, -0.1) is 10.2 Å². The monoisotopic (exact) mass is 467 g/mol. The van der Waals surface area contributed by atoms with Gasteiger partial charge in [-0.3, -0.25) is 4.57 Å². The highest BCUT2D eigenvalue weighted by Crippen LogP contribution is 2.34. The molecule has 32 heavy (non-hydrogen) atoms. The second-order valence-electron chi connectivity index (χ2n) is 6.86. The maximum atomic E-state index is 6.15. The number of thioether (sulfide) groups is 1. The average molecular weight is 468 g/mol. The van der Waals surface area contributed by atoms with E-state index in [9.17, 15) is 0 Å². The molecule has 1 aromatic heterocycles. The van der Waals surface area contributed by atoms with E-state index >= 15 is 0 Å². The molecule has 0 N–H and O–H groups in total. The molecule has 1 heterocycles. The normalized spacial score (nSPS) is 10.8. The predicted molar refractivity (Wildman–Crippen MR) is 127 cm³/mol. The van der Waals surface area contributed by atoms with Crippen LogP contribution in [0.4, 0.5) is 0 Å². The van der Waals surface area contributed by atoms with Gasteiger partial charge in [0.25, 0.3) is 0 Å². The highest BCUT2D eigenvalue weighted by atomic mass is 35.5. The van der Waals surface area contributed by atoms with Crippen molar-refractivity contribution in [3.8, 4) is 34.3 Å². The van der Waals surface area contributed by atoms with Crippen molar-refractivity contribution >= 4 is 23.4 Å². The van der Waals surface area contributed by atoms with Crippen LogP contribution in [0.3, 0.4) is 0 Å². The van der Waals surface area contributed by atoms with Crippen LogP contribution in [0, 0.1) is 0 Å². The van der Waals surface area contributed by atoms with Crippen LogP contribution in [0.25, 0.3) is 17.1 Å². The molecular weight excluding hydrogens is 446 g/mol. The smallest absolute Gasteiger partial charge is 0.196 e. The molecule has 4 aromatic rings. The summed E-state index contributed by atoms with van der Waals surface area (Å²) in [4.78, 5) is 0. The van der Waals surface area contributed by atoms with E-state index in [0.29, 0.717) is 28.1 Å². The van der Waals surface area contributed by atoms with E-state index in [2.05, 4.69) is 10.2 Å². The fraction of sp³-hybridized carbons (Fsp3) is 0.167. The van der Waals surface area contributed by atoms with Crippen LogP contribution >= 0.6 is 23.4 Å². The van der Waals surface area contributed by atoms with Gasteiger partial charge < -0.3 is 14.2 Å². The Hall–Kier alpha value is -3.16. The number of ether oxygens (including phenoxy) is 3. The molecule has 0 fully saturated rings. The molecule has 0 aliphatic rings. The summed E-state index contributed by atoms with van der Waals surface area (Å²) in [6.07, 6.45) is 0. The van der Waals surface area contributed by atoms with Gasteiger partial charge in [0.1, 0.15) is 17.2 Å². The molecular formula is C24H22ClN3O3S. The summed E-state index contributed by atoms with van der Waals surface area (Å²) >= 11 is 7.73. The molecule has 8 heteroatoms. The van der Waals surface area contributed by atoms with Crippen molar-refractivity contribution in [2.45, 2.75) is 10.9 Å². The van der Waals surface area contributed by atoms with E-state index in [1.54, 1.807) is 33.1 Å². The van der Waals surface area contributed by atoms with E-state index in [0.717, 1.165) is 27.7 Å². The standard InChI is InChI=1S/C24H22ClN3O3S/c1-29-20-9-7-19(8-10-20)28-23(17-12-21(30-2)14-22(13-17)31-3)26-27-24(28)32-15-16-5-4-6-18(25)11-16/h4-14H,15H2,1-3H3. The SMILES string of the molecule is COc1ccc(-n2c(SCc3cccc(Cl)c3)nnc2-c2cc(OC)cc(OC)c2)cc1. The second kappa shape index (κ2) is 9.97. The molecule has 0 spiro atoms. The number of hydrogen-bond acceptors (Lipinski definition) is 6. The molecule has 0 amide bonds. The molecule has 3 aromatic carbocycles. The van der Waals surface area contributed by atoms with Crippen molar-refractivity contribution in [1.82, 2.24) is 14.8 Å². The van der Waals surface area contributed by atoms with Crippen molar-refractivity contribution in [2.24, 2.45) is 0 Å². The summed E-state index contributed by atoms with van der Waals surface area (Å²) in [6.45, 7) is 0. The third-order valence-corrected chi connectivity index (χ3v) is 6.07. The lowest BCUT2D eigenvalue weighted by Gasteiger charge is -2.13. The lowest BCUT2D eigenvalue weighted by Crippen LogP contribution is -2.00. The fourth-order valence-electron chi connectivity index (χ4n) is 3.23. The minimum Gasteiger partial charge on any atom is -0.497 e. The molecule has 0 aliphatic heterocycles. The van der Waals surface area contributed by atoms with Crippen LogP contribution in [0.15, 0.2) is 71.9 Å². The summed E-state index contributed by atoms with van der Waals surface area (Å²) in [5.74, 6) is 3.52. The fourth-order valence-corrected chi connectivity index (χ4v) is 4.33. The summed E-state index contributed by atoms with van der Waals surface area (Å²) in [5, 5.41) is 10.5. The van der Waals surface area contributed by atoms with E-state index in [-0.39, 0.29) is 0 Å². The zero-order valence-electron chi connectivity index (χ0n) is 17.9. The Morgan fingerprint density at radius 2 is 1.50 bits per heavy atom. The van der Waals surface area contributed by atoms with E-state index in [1.165, 1.54) is 0 Å². The van der Waals surface area contributed by atoms with Gasteiger partial charge in [0.05, 0.1) is 21.3 Å². The van der Waals surface area contributed by atoms with Crippen LogP contribution in [-0.2, 0) is 5.75 Å². The van der Waals surface area contributed by atoms with Crippen LogP contribution in [0.2, 0.25) is 5.02 Å². The van der Waals surface area contributed by atoms with Crippen LogP contribution in [-0.4, -0.2) is 36.1 Å².